The largest absolute Gasteiger partial charge is 0.376 e. The summed E-state index contributed by atoms with van der Waals surface area (Å²) in [5, 5.41) is 5.83. The van der Waals surface area contributed by atoms with Gasteiger partial charge in [-0.1, -0.05) is 42.8 Å². The van der Waals surface area contributed by atoms with E-state index in [0.717, 1.165) is 30.4 Å². The van der Waals surface area contributed by atoms with Crippen LogP contribution in [0.2, 0.25) is 0 Å². The van der Waals surface area contributed by atoms with E-state index in [1.807, 2.05) is 52.0 Å². The molecule has 3 amide bonds. The van der Waals surface area contributed by atoms with Crippen molar-refractivity contribution in [3.8, 4) is 0 Å². The van der Waals surface area contributed by atoms with Gasteiger partial charge in [-0.25, -0.2) is 4.98 Å². The normalized spacial score (nSPS) is 16.3. The van der Waals surface area contributed by atoms with Crippen molar-refractivity contribution in [2.75, 3.05) is 18.5 Å². The molecule has 0 aliphatic carbocycles. The maximum Gasteiger partial charge on any atom is 0.247 e. The predicted molar refractivity (Wildman–Crippen MR) is 139 cm³/mol. The number of carbonyl (C=O) groups excluding carboxylic acids is 3. The summed E-state index contributed by atoms with van der Waals surface area (Å²) < 4.78 is 5.83. The molecule has 8 nitrogen and oxygen atoms in total. The van der Waals surface area contributed by atoms with Gasteiger partial charge in [0.25, 0.3) is 0 Å². The molecule has 2 aromatic rings. The van der Waals surface area contributed by atoms with Crippen LogP contribution in [0, 0.1) is 6.92 Å². The summed E-state index contributed by atoms with van der Waals surface area (Å²) in [4.78, 5) is 45.5. The first-order valence-electron chi connectivity index (χ1n) is 12.7. The number of aryl methyl sites for hydroxylation is 1. The summed E-state index contributed by atoms with van der Waals surface area (Å²) in [6, 6.07) is 12.1. The highest BCUT2D eigenvalue weighted by atomic mass is 16.5. The topological polar surface area (TPSA) is 101 Å². The van der Waals surface area contributed by atoms with E-state index in [1.165, 1.54) is 0 Å². The lowest BCUT2D eigenvalue weighted by Gasteiger charge is -2.35. The molecule has 1 fully saturated rings. The predicted octanol–water partition coefficient (Wildman–Crippen LogP) is 4.16. The highest BCUT2D eigenvalue weighted by molar-refractivity contribution is 5.94. The first-order valence-corrected chi connectivity index (χ1v) is 12.7. The van der Waals surface area contributed by atoms with Gasteiger partial charge in [-0.2, -0.15) is 0 Å². The molecule has 2 atom stereocenters. The lowest BCUT2D eigenvalue weighted by atomic mass is 9.97. The Labute approximate surface area is 213 Å². The smallest absolute Gasteiger partial charge is 0.247 e. The molecule has 194 valence electrons. The second-order valence-corrected chi connectivity index (χ2v) is 9.98. The Morgan fingerprint density at radius 3 is 2.50 bits per heavy atom. The number of aromatic nitrogens is 1. The third-order valence-corrected chi connectivity index (χ3v) is 6.54. The van der Waals surface area contributed by atoms with Gasteiger partial charge in [0.2, 0.25) is 17.7 Å². The number of amides is 3. The first-order chi connectivity index (χ1) is 17.2. The van der Waals surface area contributed by atoms with E-state index in [1.54, 1.807) is 29.3 Å². The first kappa shape index (κ1) is 27.3. The van der Waals surface area contributed by atoms with E-state index in [4.69, 9.17) is 4.74 Å². The highest BCUT2D eigenvalue weighted by Crippen LogP contribution is 2.27. The minimum atomic E-state index is -0.827. The Morgan fingerprint density at radius 2 is 1.89 bits per heavy atom. The number of hydrogen-bond acceptors (Lipinski definition) is 5. The fraction of sp³-hybridized carbons (Fsp3) is 0.500. The summed E-state index contributed by atoms with van der Waals surface area (Å²) >= 11 is 0. The van der Waals surface area contributed by atoms with Crippen LogP contribution in [0.3, 0.4) is 0 Å². The molecule has 2 N–H and O–H groups in total. The third-order valence-electron chi connectivity index (χ3n) is 6.54. The average molecular weight is 495 g/mol. The number of rotatable bonds is 11. The molecule has 0 radical (unpaired) electrons. The second kappa shape index (κ2) is 12.6. The molecule has 0 bridgehead atoms. The maximum atomic E-state index is 13.7. The molecular formula is C28H38N4O4. The van der Waals surface area contributed by atoms with Gasteiger partial charge in [-0.15, -0.1) is 0 Å². The van der Waals surface area contributed by atoms with E-state index in [-0.39, 0.29) is 36.7 Å². The molecule has 0 saturated carbocycles. The third kappa shape index (κ3) is 7.88. The van der Waals surface area contributed by atoms with E-state index in [9.17, 15) is 14.4 Å². The second-order valence-electron chi connectivity index (χ2n) is 9.98. The van der Waals surface area contributed by atoms with Gasteiger partial charge in [0.1, 0.15) is 11.9 Å². The summed E-state index contributed by atoms with van der Waals surface area (Å²) in [5.41, 5.74) is 1.37. The average Bonchev–Trinajstić information content (AvgIpc) is 3.37. The minimum Gasteiger partial charge on any atom is -0.376 e. The van der Waals surface area contributed by atoms with E-state index < -0.39 is 11.6 Å². The van der Waals surface area contributed by atoms with E-state index >= 15 is 0 Å². The number of pyridine rings is 1. The van der Waals surface area contributed by atoms with Crippen LogP contribution in [0.4, 0.5) is 5.82 Å². The van der Waals surface area contributed by atoms with Gasteiger partial charge >= 0.3 is 0 Å². The van der Waals surface area contributed by atoms with Crippen LogP contribution in [0.25, 0.3) is 0 Å². The molecule has 1 saturated heterocycles. The molecule has 1 aliphatic rings. The Balaban J connectivity index is 1.84. The standard InChI is InChI=1S/C28H38N4O4/c1-5-28(3,4)31-27(35)26(21-13-11-20(2)12-14-21)32(19-22-9-8-18-36-22)25(34)16-15-24(33)30-23-10-6-7-17-29-23/h6-7,10-14,17,22,26H,5,8-9,15-16,18-19H2,1-4H3,(H,31,35)(H,29,30,33)/t22-,26+/m1/s1. The zero-order chi connectivity index (χ0) is 26.1. The van der Waals surface area contributed by atoms with Gasteiger partial charge in [0.15, 0.2) is 0 Å². The summed E-state index contributed by atoms with van der Waals surface area (Å²) in [5.74, 6) is -0.376. The fourth-order valence-electron chi connectivity index (χ4n) is 4.08. The zero-order valence-electron chi connectivity index (χ0n) is 21.8. The number of hydrogen-bond donors (Lipinski definition) is 2. The van der Waals surface area contributed by atoms with Crippen LogP contribution in [-0.4, -0.2) is 52.4 Å². The molecule has 1 aliphatic heterocycles. The molecule has 0 spiro atoms. The molecular weight excluding hydrogens is 456 g/mol. The SMILES string of the molecule is CCC(C)(C)NC(=O)[C@H](c1ccc(C)cc1)N(C[C@H]1CCCO1)C(=O)CCC(=O)Nc1ccccn1. The number of benzene rings is 1. The summed E-state index contributed by atoms with van der Waals surface area (Å²) in [6.07, 6.45) is 3.89. The number of nitrogens with zero attached hydrogens (tertiary/aromatic N) is 2. The Kier molecular flexibility index (Phi) is 9.58. The van der Waals surface area contributed by atoms with Crippen molar-refractivity contribution in [2.45, 2.75) is 77.5 Å². The van der Waals surface area contributed by atoms with Crippen molar-refractivity contribution in [3.05, 3.63) is 59.8 Å². The van der Waals surface area contributed by atoms with E-state index in [0.29, 0.717) is 19.0 Å². The molecule has 36 heavy (non-hydrogen) atoms. The van der Waals surface area contributed by atoms with Crippen molar-refractivity contribution in [2.24, 2.45) is 0 Å². The van der Waals surface area contributed by atoms with Crippen LogP contribution >= 0.6 is 0 Å². The van der Waals surface area contributed by atoms with Gasteiger partial charge in [-0.05, 0) is 57.7 Å². The zero-order valence-corrected chi connectivity index (χ0v) is 21.8. The molecule has 3 rings (SSSR count). The Hall–Kier alpha value is -3.26. The lowest BCUT2D eigenvalue weighted by Crippen LogP contribution is -2.51. The number of ether oxygens (including phenoxy) is 1. The van der Waals surface area contributed by atoms with E-state index in [2.05, 4.69) is 15.6 Å². The van der Waals surface area contributed by atoms with Crippen LogP contribution < -0.4 is 10.6 Å². The summed E-state index contributed by atoms with van der Waals surface area (Å²) in [6.45, 7) is 8.85. The molecule has 1 aromatic heterocycles. The lowest BCUT2D eigenvalue weighted by molar-refractivity contribution is -0.143. The monoisotopic (exact) mass is 494 g/mol. The molecule has 2 heterocycles. The van der Waals surface area contributed by atoms with Crippen LogP contribution in [0.1, 0.15) is 70.0 Å². The number of anilines is 1. The maximum absolute atomic E-state index is 13.7. The highest BCUT2D eigenvalue weighted by Gasteiger charge is 2.36. The molecule has 0 unspecified atom stereocenters. The van der Waals surface area contributed by atoms with Crippen molar-refractivity contribution in [1.82, 2.24) is 15.2 Å². The van der Waals surface area contributed by atoms with Crippen molar-refractivity contribution in [3.63, 3.8) is 0 Å². The van der Waals surface area contributed by atoms with Crippen LogP contribution in [0.15, 0.2) is 48.7 Å². The van der Waals surface area contributed by atoms with Crippen molar-refractivity contribution in [1.29, 1.82) is 0 Å². The van der Waals surface area contributed by atoms with Gasteiger partial charge in [0.05, 0.1) is 6.10 Å². The fourth-order valence-corrected chi connectivity index (χ4v) is 4.08. The number of nitrogens with one attached hydrogen (secondary N) is 2. The Morgan fingerprint density at radius 1 is 1.14 bits per heavy atom. The summed E-state index contributed by atoms with van der Waals surface area (Å²) in [7, 11) is 0. The quantitative estimate of drug-likeness (QED) is 0.489. The van der Waals surface area contributed by atoms with Gasteiger partial charge < -0.3 is 20.3 Å². The number of carbonyl (C=O) groups is 3. The van der Waals surface area contributed by atoms with Crippen LogP contribution in [0.5, 0.6) is 0 Å². The minimum absolute atomic E-state index is 0.0138. The van der Waals surface area contributed by atoms with Crippen molar-refractivity contribution < 1.29 is 19.1 Å². The molecule has 1 aromatic carbocycles. The van der Waals surface area contributed by atoms with Gasteiger partial charge in [-0.3, -0.25) is 14.4 Å². The Bertz CT molecular complexity index is 1020. The van der Waals surface area contributed by atoms with Crippen molar-refractivity contribution >= 4 is 23.5 Å². The van der Waals surface area contributed by atoms with Crippen LogP contribution in [-0.2, 0) is 19.1 Å². The molecule has 8 heteroatoms. The van der Waals surface area contributed by atoms with Gasteiger partial charge in [0, 0.05) is 37.7 Å².